The Kier molecular flexibility index (Phi) is 7.08. The number of aryl methyl sites for hydroxylation is 3. The van der Waals surface area contributed by atoms with Gasteiger partial charge in [-0.05, 0) is 126 Å². The van der Waals surface area contributed by atoms with Crippen LogP contribution in [0.2, 0.25) is 0 Å². The number of nitrogens with zero attached hydrogens (tertiary/aromatic N) is 2. The number of fused-ring (bicyclic) bond motifs is 2. The Hall–Kier alpha value is -6.60. The second-order valence-corrected chi connectivity index (χ2v) is 12.9. The molecule has 0 unspecified atom stereocenters. The smallest absolute Gasteiger partial charge is 0.266 e. The van der Waals surface area contributed by atoms with Crippen LogP contribution < -0.4 is 15.5 Å². The molecule has 2 aliphatic rings. The Morgan fingerprint density at radius 3 is 1.44 bits per heavy atom. The Balaban J connectivity index is 1.05. The topological polar surface area (TPSA) is 101 Å². The van der Waals surface area contributed by atoms with E-state index in [-0.39, 0.29) is 23.6 Å². The van der Waals surface area contributed by atoms with E-state index in [0.717, 1.165) is 50.1 Å². The lowest BCUT2D eigenvalue weighted by atomic mass is 9.96. The molecule has 0 fully saturated rings. The number of rotatable bonds is 5. The number of carbonyl (C=O) groups excluding carboxylic acids is 4. The average molecular weight is 654 g/mol. The summed E-state index contributed by atoms with van der Waals surface area (Å²) in [5.74, 6) is -1.44. The number of hydrogen-bond acceptors (Lipinski definition) is 5. The van der Waals surface area contributed by atoms with Gasteiger partial charge in [0.15, 0.2) is 0 Å². The van der Waals surface area contributed by atoms with Crippen LogP contribution in [0.3, 0.4) is 0 Å². The van der Waals surface area contributed by atoms with Crippen molar-refractivity contribution in [3.63, 3.8) is 0 Å². The fraction of sp³-hybridized carbons (Fsp3) is 0.0698. The van der Waals surface area contributed by atoms with Crippen LogP contribution in [0.25, 0.3) is 33.4 Å². The maximum Gasteiger partial charge on any atom is 0.266 e. The van der Waals surface area contributed by atoms with Crippen LogP contribution >= 0.6 is 0 Å². The van der Waals surface area contributed by atoms with Crippen LogP contribution in [0, 0.1) is 20.8 Å². The standard InChI is InChI=1S/C43H31N3O4/c1-24-4-6-27(7-5-24)30-13-19-35-38(23-30)43(50)46(41(35)48)39-21-25(2)36(20-26(39)3)29-10-16-33(17-11-29)45-40(47)34-18-12-31(22-37(34)42(45)49)28-8-14-32(44)15-9-28/h4-23H,44H2,1-3H3. The second kappa shape index (κ2) is 11.5. The minimum atomic E-state index is -0.377. The summed E-state index contributed by atoms with van der Waals surface area (Å²) in [6.45, 7) is 5.84. The molecule has 2 N–H and O–H groups in total. The minimum Gasteiger partial charge on any atom is -0.399 e. The first kappa shape index (κ1) is 30.7. The molecule has 50 heavy (non-hydrogen) atoms. The van der Waals surface area contributed by atoms with E-state index in [2.05, 4.69) is 0 Å². The van der Waals surface area contributed by atoms with Crippen molar-refractivity contribution in [1.82, 2.24) is 0 Å². The van der Waals surface area contributed by atoms with Gasteiger partial charge in [-0.2, -0.15) is 0 Å². The Morgan fingerprint density at radius 1 is 0.400 bits per heavy atom. The summed E-state index contributed by atoms with van der Waals surface area (Å²) in [4.78, 5) is 56.6. The zero-order valence-electron chi connectivity index (χ0n) is 27.7. The van der Waals surface area contributed by atoms with Gasteiger partial charge in [-0.25, -0.2) is 9.80 Å². The highest BCUT2D eigenvalue weighted by molar-refractivity contribution is 6.35. The summed E-state index contributed by atoms with van der Waals surface area (Å²) in [5.41, 5.74) is 17.1. The lowest BCUT2D eigenvalue weighted by Gasteiger charge is -2.20. The average Bonchev–Trinajstić information content (AvgIpc) is 3.52. The Morgan fingerprint density at radius 2 is 0.860 bits per heavy atom. The molecule has 2 heterocycles. The van der Waals surface area contributed by atoms with E-state index in [0.29, 0.717) is 39.3 Å². The molecule has 0 spiro atoms. The highest BCUT2D eigenvalue weighted by Gasteiger charge is 2.39. The van der Waals surface area contributed by atoms with Gasteiger partial charge in [-0.15, -0.1) is 0 Å². The zero-order valence-corrected chi connectivity index (χ0v) is 27.7. The van der Waals surface area contributed by atoms with Crippen LogP contribution in [-0.4, -0.2) is 23.6 Å². The van der Waals surface area contributed by atoms with Crippen LogP contribution in [0.15, 0.2) is 121 Å². The first-order valence-corrected chi connectivity index (χ1v) is 16.3. The molecule has 8 rings (SSSR count). The van der Waals surface area contributed by atoms with Gasteiger partial charge in [0.2, 0.25) is 0 Å². The first-order chi connectivity index (χ1) is 24.1. The molecule has 6 aromatic carbocycles. The monoisotopic (exact) mass is 653 g/mol. The van der Waals surface area contributed by atoms with E-state index in [1.54, 1.807) is 48.5 Å². The van der Waals surface area contributed by atoms with Crippen molar-refractivity contribution in [3.05, 3.63) is 160 Å². The molecule has 0 bridgehead atoms. The molecule has 242 valence electrons. The highest BCUT2D eigenvalue weighted by atomic mass is 16.2. The number of benzene rings is 6. The summed E-state index contributed by atoms with van der Waals surface area (Å²) < 4.78 is 0. The second-order valence-electron chi connectivity index (χ2n) is 12.9. The number of imide groups is 2. The van der Waals surface area contributed by atoms with Crippen LogP contribution in [-0.2, 0) is 0 Å². The quantitative estimate of drug-likeness (QED) is 0.148. The third-order valence-electron chi connectivity index (χ3n) is 9.62. The van der Waals surface area contributed by atoms with Crippen LogP contribution in [0.1, 0.15) is 58.1 Å². The SMILES string of the molecule is Cc1ccc(-c2ccc3c(c2)C(=O)N(c2cc(C)c(-c4ccc(N5C(=O)c6ccc(-c7ccc(N)cc7)cc6C5=O)cc4)cc2C)C3=O)cc1. The molecular weight excluding hydrogens is 622 g/mol. The molecule has 6 aromatic rings. The molecule has 2 aliphatic heterocycles. The van der Waals surface area contributed by atoms with Crippen molar-refractivity contribution in [2.75, 3.05) is 15.5 Å². The van der Waals surface area contributed by atoms with Crippen molar-refractivity contribution >= 4 is 40.7 Å². The van der Waals surface area contributed by atoms with E-state index in [1.807, 2.05) is 93.6 Å². The maximum absolute atomic E-state index is 13.7. The van der Waals surface area contributed by atoms with Gasteiger partial charge in [0, 0.05) is 5.69 Å². The van der Waals surface area contributed by atoms with E-state index in [1.165, 1.54) is 9.80 Å². The summed E-state index contributed by atoms with van der Waals surface area (Å²) >= 11 is 0. The summed E-state index contributed by atoms with van der Waals surface area (Å²) in [5, 5.41) is 0. The molecule has 0 aliphatic carbocycles. The van der Waals surface area contributed by atoms with Gasteiger partial charge in [0.05, 0.1) is 33.6 Å². The first-order valence-electron chi connectivity index (χ1n) is 16.3. The van der Waals surface area contributed by atoms with Crippen molar-refractivity contribution in [2.45, 2.75) is 20.8 Å². The van der Waals surface area contributed by atoms with Crippen LogP contribution in [0.5, 0.6) is 0 Å². The highest BCUT2D eigenvalue weighted by Crippen LogP contribution is 2.38. The lowest BCUT2D eigenvalue weighted by molar-refractivity contribution is 0.0910. The number of nitrogens with two attached hydrogens (primary N) is 1. The number of nitrogen functional groups attached to an aromatic ring is 1. The van der Waals surface area contributed by atoms with Gasteiger partial charge < -0.3 is 5.73 Å². The summed E-state index contributed by atoms with van der Waals surface area (Å²) in [6.07, 6.45) is 0. The third kappa shape index (κ3) is 4.90. The van der Waals surface area contributed by atoms with Gasteiger partial charge in [0.1, 0.15) is 0 Å². The molecule has 7 nitrogen and oxygen atoms in total. The number of amides is 4. The van der Waals surface area contributed by atoms with Gasteiger partial charge in [-0.3, -0.25) is 19.2 Å². The molecule has 0 atom stereocenters. The molecule has 0 saturated carbocycles. The zero-order chi connectivity index (χ0) is 34.8. The van der Waals surface area contributed by atoms with E-state index >= 15 is 0 Å². The normalized spacial score (nSPS) is 13.7. The van der Waals surface area contributed by atoms with Crippen molar-refractivity contribution in [2.24, 2.45) is 0 Å². The Labute approximate surface area is 289 Å². The summed E-state index contributed by atoms with van der Waals surface area (Å²) in [7, 11) is 0. The number of hydrogen-bond donors (Lipinski definition) is 1. The number of anilines is 3. The van der Waals surface area contributed by atoms with Gasteiger partial charge in [0.25, 0.3) is 23.6 Å². The molecule has 0 saturated heterocycles. The number of carbonyl (C=O) groups is 4. The molecule has 7 heteroatoms. The maximum atomic E-state index is 13.7. The molecule has 4 amide bonds. The largest absolute Gasteiger partial charge is 0.399 e. The van der Waals surface area contributed by atoms with E-state index in [4.69, 9.17) is 5.73 Å². The third-order valence-corrected chi connectivity index (χ3v) is 9.62. The van der Waals surface area contributed by atoms with Gasteiger partial charge in [-0.1, -0.05) is 66.2 Å². The lowest BCUT2D eigenvalue weighted by Crippen LogP contribution is -2.30. The predicted octanol–water partition coefficient (Wildman–Crippen LogP) is 8.80. The van der Waals surface area contributed by atoms with Crippen molar-refractivity contribution in [1.29, 1.82) is 0 Å². The predicted molar refractivity (Wildman–Crippen MR) is 197 cm³/mol. The minimum absolute atomic E-state index is 0.346. The fourth-order valence-corrected chi connectivity index (χ4v) is 6.86. The molecular formula is C43H31N3O4. The molecule has 0 radical (unpaired) electrons. The van der Waals surface area contributed by atoms with Crippen molar-refractivity contribution in [3.8, 4) is 33.4 Å². The fourth-order valence-electron chi connectivity index (χ4n) is 6.86. The van der Waals surface area contributed by atoms with Crippen LogP contribution in [0.4, 0.5) is 17.1 Å². The van der Waals surface area contributed by atoms with E-state index < -0.39 is 0 Å². The van der Waals surface area contributed by atoms with Gasteiger partial charge >= 0.3 is 0 Å². The summed E-state index contributed by atoms with van der Waals surface area (Å²) in [6, 6.07) is 37.2. The Bertz CT molecular complexity index is 2430. The van der Waals surface area contributed by atoms with E-state index in [9.17, 15) is 19.2 Å². The molecule has 0 aromatic heterocycles. The van der Waals surface area contributed by atoms with Crippen molar-refractivity contribution < 1.29 is 19.2 Å².